The van der Waals surface area contributed by atoms with Gasteiger partial charge in [0.1, 0.15) is 0 Å². The summed E-state index contributed by atoms with van der Waals surface area (Å²) in [5.74, 6) is 0.172. The van der Waals surface area contributed by atoms with E-state index < -0.39 is 0 Å². The number of carbonyl (C=O) groups excluding carboxylic acids is 1. The van der Waals surface area contributed by atoms with E-state index in [2.05, 4.69) is 0 Å². The first kappa shape index (κ1) is 10.1. The zero-order valence-electron chi connectivity index (χ0n) is 8.77. The first-order valence-electron chi connectivity index (χ1n) is 5.12. The Morgan fingerprint density at radius 2 is 2.07 bits per heavy atom. The van der Waals surface area contributed by atoms with E-state index >= 15 is 0 Å². The van der Waals surface area contributed by atoms with E-state index in [1.54, 1.807) is 6.08 Å². The molecule has 0 heterocycles. The van der Waals surface area contributed by atoms with Crippen molar-refractivity contribution in [3.05, 3.63) is 47.5 Å². The maximum absolute atomic E-state index is 11.1. The van der Waals surface area contributed by atoms with Crippen LogP contribution < -0.4 is 0 Å². The van der Waals surface area contributed by atoms with Gasteiger partial charge in [-0.2, -0.15) is 0 Å². The monoisotopic (exact) mass is 202 g/mol. The minimum atomic E-state index is -0.0160. The molecule has 1 aliphatic carbocycles. The number of hydrogen-bond acceptors (Lipinski definition) is 2. The molecule has 1 atom stereocenters. The fourth-order valence-corrected chi connectivity index (χ4v) is 1.71. The summed E-state index contributed by atoms with van der Waals surface area (Å²) in [5.41, 5.74) is 2.18. The number of hydrogen-bond donors (Lipinski definition) is 0. The van der Waals surface area contributed by atoms with Crippen LogP contribution >= 0.6 is 0 Å². The summed E-state index contributed by atoms with van der Waals surface area (Å²) in [6.07, 6.45) is 2.16. The topological polar surface area (TPSA) is 26.3 Å². The average Bonchev–Trinajstić information content (AvgIpc) is 2.56. The summed E-state index contributed by atoms with van der Waals surface area (Å²) in [6, 6.07) is 10.0. The number of ketones is 1. The molecule has 0 unspecified atom stereocenters. The highest BCUT2D eigenvalue weighted by Crippen LogP contribution is 2.20. The third kappa shape index (κ3) is 2.54. The zero-order chi connectivity index (χ0) is 10.7. The second-order valence-corrected chi connectivity index (χ2v) is 3.84. The van der Waals surface area contributed by atoms with Gasteiger partial charge in [-0.25, -0.2) is 0 Å². The van der Waals surface area contributed by atoms with Gasteiger partial charge in [0.25, 0.3) is 0 Å². The molecule has 0 amide bonds. The minimum Gasteiger partial charge on any atom is -0.369 e. The molecule has 78 valence electrons. The van der Waals surface area contributed by atoms with Gasteiger partial charge in [0.05, 0.1) is 12.7 Å². The zero-order valence-corrected chi connectivity index (χ0v) is 8.77. The lowest BCUT2D eigenvalue weighted by atomic mass is 10.2. The quantitative estimate of drug-likeness (QED) is 0.752. The second kappa shape index (κ2) is 4.41. The summed E-state index contributed by atoms with van der Waals surface area (Å²) in [6.45, 7) is 2.52. The molecule has 15 heavy (non-hydrogen) atoms. The smallest absolute Gasteiger partial charge is 0.158 e. The van der Waals surface area contributed by atoms with Crippen LogP contribution in [0.1, 0.15) is 18.9 Å². The van der Waals surface area contributed by atoms with Crippen molar-refractivity contribution in [3.63, 3.8) is 0 Å². The molecule has 0 saturated heterocycles. The van der Waals surface area contributed by atoms with Crippen LogP contribution in [0.2, 0.25) is 0 Å². The normalized spacial score (nSPS) is 20.5. The van der Waals surface area contributed by atoms with Gasteiger partial charge >= 0.3 is 0 Å². The highest BCUT2D eigenvalue weighted by Gasteiger charge is 2.21. The van der Waals surface area contributed by atoms with Crippen molar-refractivity contribution in [2.45, 2.75) is 26.1 Å². The molecule has 2 nitrogen and oxygen atoms in total. The average molecular weight is 202 g/mol. The molecule has 1 aromatic carbocycles. The molecule has 0 aliphatic heterocycles. The Balaban J connectivity index is 1.90. The second-order valence-electron chi connectivity index (χ2n) is 3.84. The van der Waals surface area contributed by atoms with Gasteiger partial charge in [-0.3, -0.25) is 4.79 Å². The van der Waals surface area contributed by atoms with Crippen molar-refractivity contribution in [1.29, 1.82) is 0 Å². The maximum atomic E-state index is 11.1. The summed E-state index contributed by atoms with van der Waals surface area (Å²) in [4.78, 5) is 11.1. The Morgan fingerprint density at radius 3 is 2.67 bits per heavy atom. The van der Waals surface area contributed by atoms with E-state index in [0.717, 1.165) is 11.1 Å². The van der Waals surface area contributed by atoms with Crippen molar-refractivity contribution < 1.29 is 9.53 Å². The van der Waals surface area contributed by atoms with Crippen molar-refractivity contribution >= 4 is 5.78 Å². The van der Waals surface area contributed by atoms with Crippen molar-refractivity contribution in [1.82, 2.24) is 0 Å². The van der Waals surface area contributed by atoms with Crippen LogP contribution in [-0.4, -0.2) is 11.9 Å². The summed E-state index contributed by atoms with van der Waals surface area (Å²) in [5, 5.41) is 0. The van der Waals surface area contributed by atoms with Gasteiger partial charge in [-0.05, 0) is 24.1 Å². The Morgan fingerprint density at radius 1 is 1.33 bits per heavy atom. The van der Waals surface area contributed by atoms with Gasteiger partial charge in [-0.15, -0.1) is 0 Å². The molecule has 0 radical (unpaired) electrons. The number of allylic oxidation sites excluding steroid dienone is 1. The summed E-state index contributed by atoms with van der Waals surface area (Å²) in [7, 11) is 0. The molecule has 0 N–H and O–H groups in total. The predicted octanol–water partition coefficient (Wildman–Crippen LogP) is 2.49. The van der Waals surface area contributed by atoms with Crippen molar-refractivity contribution in [2.75, 3.05) is 0 Å². The van der Waals surface area contributed by atoms with Crippen LogP contribution in [0.5, 0.6) is 0 Å². The fourth-order valence-electron chi connectivity index (χ4n) is 1.71. The van der Waals surface area contributed by atoms with Gasteiger partial charge < -0.3 is 4.74 Å². The molecule has 0 aromatic heterocycles. The summed E-state index contributed by atoms with van der Waals surface area (Å²) >= 11 is 0. The largest absolute Gasteiger partial charge is 0.369 e. The number of ether oxygens (including phenoxy) is 1. The van der Waals surface area contributed by atoms with Crippen LogP contribution in [0.3, 0.4) is 0 Å². The van der Waals surface area contributed by atoms with Crippen molar-refractivity contribution in [2.24, 2.45) is 0 Å². The lowest BCUT2D eigenvalue weighted by molar-refractivity contribution is -0.115. The summed E-state index contributed by atoms with van der Waals surface area (Å²) < 4.78 is 5.68. The third-order valence-corrected chi connectivity index (χ3v) is 2.58. The molecular formula is C13H14O2. The number of benzene rings is 1. The maximum Gasteiger partial charge on any atom is 0.158 e. The SMILES string of the molecule is CC1=CC(=O)C[C@H]1OCc1ccccc1. The van der Waals surface area contributed by atoms with Gasteiger partial charge in [0.15, 0.2) is 5.78 Å². The Kier molecular flexibility index (Phi) is 2.97. The van der Waals surface area contributed by atoms with E-state index in [1.807, 2.05) is 37.3 Å². The highest BCUT2D eigenvalue weighted by atomic mass is 16.5. The van der Waals surface area contributed by atoms with E-state index in [4.69, 9.17) is 4.74 Å². The number of carbonyl (C=O) groups is 1. The van der Waals surface area contributed by atoms with E-state index in [0.29, 0.717) is 13.0 Å². The molecule has 1 aromatic rings. The molecule has 2 rings (SSSR count). The Hall–Kier alpha value is -1.41. The molecular weight excluding hydrogens is 188 g/mol. The lowest BCUT2D eigenvalue weighted by Gasteiger charge is -2.12. The van der Waals surface area contributed by atoms with E-state index in [1.165, 1.54) is 0 Å². The highest BCUT2D eigenvalue weighted by molar-refractivity contribution is 5.93. The van der Waals surface area contributed by atoms with Gasteiger partial charge in [0, 0.05) is 6.42 Å². The van der Waals surface area contributed by atoms with Crippen molar-refractivity contribution in [3.8, 4) is 0 Å². The Labute approximate surface area is 89.6 Å². The molecule has 0 bridgehead atoms. The van der Waals surface area contributed by atoms with Crippen LogP contribution in [-0.2, 0) is 16.1 Å². The predicted molar refractivity (Wildman–Crippen MR) is 58.4 cm³/mol. The molecule has 1 aliphatic rings. The standard InChI is InChI=1S/C13H14O2/c1-10-7-12(14)8-13(10)15-9-11-5-3-2-4-6-11/h2-7,13H,8-9H2,1H3/t13-/m1/s1. The van der Waals surface area contributed by atoms with Gasteiger partial charge in [-0.1, -0.05) is 30.3 Å². The van der Waals surface area contributed by atoms with Gasteiger partial charge in [0.2, 0.25) is 0 Å². The molecule has 0 fully saturated rings. The van der Waals surface area contributed by atoms with Crippen LogP contribution in [0.25, 0.3) is 0 Å². The Bertz CT molecular complexity index is 379. The van der Waals surface area contributed by atoms with Crippen LogP contribution in [0.15, 0.2) is 42.0 Å². The first-order valence-corrected chi connectivity index (χ1v) is 5.12. The lowest BCUT2D eigenvalue weighted by Crippen LogP contribution is -2.11. The minimum absolute atomic E-state index is 0.0160. The van der Waals surface area contributed by atoms with Crippen LogP contribution in [0, 0.1) is 0 Å². The molecule has 2 heteroatoms. The first-order chi connectivity index (χ1) is 7.25. The molecule has 0 saturated carbocycles. The van der Waals surface area contributed by atoms with E-state index in [-0.39, 0.29) is 11.9 Å². The third-order valence-electron chi connectivity index (χ3n) is 2.58. The van der Waals surface area contributed by atoms with E-state index in [9.17, 15) is 4.79 Å². The molecule has 0 spiro atoms. The van der Waals surface area contributed by atoms with Crippen LogP contribution in [0.4, 0.5) is 0 Å². The fraction of sp³-hybridized carbons (Fsp3) is 0.308. The number of rotatable bonds is 3.